The number of benzene rings is 1. The van der Waals surface area contributed by atoms with Crippen LogP contribution in [-0.2, 0) is 4.74 Å². The van der Waals surface area contributed by atoms with Crippen LogP contribution in [0.2, 0.25) is 0 Å². The van der Waals surface area contributed by atoms with Crippen LogP contribution < -0.4 is 4.54 Å². The third-order valence-corrected chi connectivity index (χ3v) is 2.32. The minimum atomic E-state index is -0.562. The van der Waals surface area contributed by atoms with E-state index in [2.05, 4.69) is 10.3 Å². The number of hydrogen-bond acceptors (Lipinski definition) is 4. The van der Waals surface area contributed by atoms with Gasteiger partial charge in [0.1, 0.15) is 0 Å². The Morgan fingerprint density at radius 2 is 2.11 bits per heavy atom. The molecular weight excluding hydrogens is 234 g/mol. The van der Waals surface area contributed by atoms with E-state index in [1.54, 1.807) is 19.1 Å². The summed E-state index contributed by atoms with van der Waals surface area (Å²) in [6.45, 7) is 1.96. The highest BCUT2D eigenvalue weighted by Gasteiger charge is 2.23. The van der Waals surface area contributed by atoms with E-state index in [0.29, 0.717) is 10.1 Å². The molecule has 0 saturated carbocycles. The van der Waals surface area contributed by atoms with Crippen molar-refractivity contribution in [2.24, 2.45) is 0 Å². The third-order valence-electron chi connectivity index (χ3n) is 2.32. The van der Waals surface area contributed by atoms with Crippen molar-refractivity contribution >= 4 is 5.97 Å². The fraction of sp³-hybridized carbons (Fsp3) is 0.167. The second-order valence-electron chi connectivity index (χ2n) is 3.52. The standard InChI is InChI=1S/C12H11N3O3/c1-2-18-12(16)11-10(8-15(17)14-13-11)9-6-4-3-5-7-9/h3-8H,2H2,1H3/p+1. The number of H-pyrrole nitrogens is 1. The van der Waals surface area contributed by atoms with Gasteiger partial charge < -0.3 is 4.74 Å². The minimum absolute atomic E-state index is 0.0927. The van der Waals surface area contributed by atoms with Gasteiger partial charge in [0.15, 0.2) is 6.20 Å². The first-order chi connectivity index (χ1) is 8.72. The van der Waals surface area contributed by atoms with Crippen molar-refractivity contribution in [2.45, 2.75) is 6.92 Å². The van der Waals surface area contributed by atoms with Gasteiger partial charge in [0.25, 0.3) is 5.69 Å². The van der Waals surface area contributed by atoms with E-state index in [4.69, 9.17) is 4.74 Å². The van der Waals surface area contributed by atoms with E-state index in [0.717, 1.165) is 5.56 Å². The fourth-order valence-corrected chi connectivity index (χ4v) is 1.55. The average Bonchev–Trinajstić information content (AvgIpc) is 2.40. The lowest BCUT2D eigenvalue weighted by molar-refractivity contribution is -0.571. The molecule has 0 spiro atoms. The highest BCUT2D eigenvalue weighted by molar-refractivity contribution is 5.94. The molecule has 1 aromatic carbocycles. The van der Waals surface area contributed by atoms with Gasteiger partial charge in [-0.25, -0.2) is 4.79 Å². The Bertz CT molecular complexity index is 607. The van der Waals surface area contributed by atoms with Gasteiger partial charge in [0, 0.05) is 0 Å². The summed E-state index contributed by atoms with van der Waals surface area (Å²) in [7, 11) is 0. The molecule has 18 heavy (non-hydrogen) atoms. The summed E-state index contributed by atoms with van der Waals surface area (Å²) in [5.41, 5.74) is 1.25. The highest BCUT2D eigenvalue weighted by atomic mass is 16.5. The van der Waals surface area contributed by atoms with E-state index < -0.39 is 5.97 Å². The van der Waals surface area contributed by atoms with Crippen molar-refractivity contribution in [1.82, 2.24) is 10.3 Å². The summed E-state index contributed by atoms with van der Waals surface area (Å²) in [6, 6.07) is 9.06. The number of aromatic amines is 1. The molecule has 0 aliphatic heterocycles. The van der Waals surface area contributed by atoms with Crippen LogP contribution in [0.4, 0.5) is 0 Å². The molecule has 0 amide bonds. The lowest BCUT2D eigenvalue weighted by Crippen LogP contribution is -2.24. The predicted molar refractivity (Wildman–Crippen MR) is 63.3 cm³/mol. The lowest BCUT2D eigenvalue weighted by atomic mass is 10.1. The van der Waals surface area contributed by atoms with E-state index in [-0.39, 0.29) is 12.3 Å². The van der Waals surface area contributed by atoms with Crippen molar-refractivity contribution < 1.29 is 14.1 Å². The zero-order valence-electron chi connectivity index (χ0n) is 9.79. The number of hydrogen-bond donors (Lipinski definition) is 1. The van der Waals surface area contributed by atoms with Crippen molar-refractivity contribution in [3.63, 3.8) is 0 Å². The summed E-state index contributed by atoms with van der Waals surface area (Å²) in [6.07, 6.45) is 1.26. The molecule has 6 nitrogen and oxygen atoms in total. The maximum atomic E-state index is 11.7. The first-order valence-corrected chi connectivity index (χ1v) is 5.46. The van der Waals surface area contributed by atoms with E-state index in [1.165, 1.54) is 6.20 Å². The van der Waals surface area contributed by atoms with Crippen LogP contribution in [0.15, 0.2) is 36.5 Å². The molecule has 2 rings (SSSR count). The molecule has 0 aliphatic rings. The Kier molecular flexibility index (Phi) is 3.47. The Labute approximate surface area is 103 Å². The summed E-state index contributed by atoms with van der Waals surface area (Å²) in [5.74, 6) is -0.562. The number of carbonyl (C=O) groups is 1. The largest absolute Gasteiger partial charge is 0.460 e. The quantitative estimate of drug-likeness (QED) is 0.651. The van der Waals surface area contributed by atoms with E-state index in [9.17, 15) is 9.70 Å². The highest BCUT2D eigenvalue weighted by Crippen LogP contribution is 2.20. The number of ether oxygens (including phenoxy) is 1. The molecular formula is C12H12N3O3+. The number of rotatable bonds is 3. The molecule has 0 radical (unpaired) electrons. The van der Waals surface area contributed by atoms with Gasteiger partial charge >= 0.3 is 5.97 Å². The molecule has 1 aromatic heterocycles. The first kappa shape index (κ1) is 12.0. The number of aromatic nitrogens is 3. The smallest absolute Gasteiger partial charge is 0.386 e. The second kappa shape index (κ2) is 5.22. The lowest BCUT2D eigenvalue weighted by Gasteiger charge is -2.01. The number of esters is 1. The Morgan fingerprint density at radius 1 is 1.39 bits per heavy atom. The molecule has 1 N–H and O–H groups in total. The molecule has 1 heterocycles. The van der Waals surface area contributed by atoms with Gasteiger partial charge in [-0.05, 0) is 22.6 Å². The zero-order chi connectivity index (χ0) is 13.0. The molecule has 92 valence electrons. The molecule has 0 fully saturated rings. The monoisotopic (exact) mass is 246 g/mol. The normalized spacial score (nSPS) is 10.1. The van der Waals surface area contributed by atoms with Crippen LogP contribution in [0.5, 0.6) is 0 Å². The summed E-state index contributed by atoms with van der Waals surface area (Å²) >= 11 is 0. The van der Waals surface area contributed by atoms with Crippen LogP contribution >= 0.6 is 0 Å². The fourth-order valence-electron chi connectivity index (χ4n) is 1.55. The molecule has 0 saturated heterocycles. The van der Waals surface area contributed by atoms with Crippen molar-refractivity contribution in [1.29, 1.82) is 0 Å². The van der Waals surface area contributed by atoms with Crippen LogP contribution in [-0.4, -0.2) is 22.9 Å². The third kappa shape index (κ3) is 2.42. The first-order valence-electron chi connectivity index (χ1n) is 5.46. The summed E-state index contributed by atoms with van der Waals surface area (Å²) < 4.78 is 5.33. The Balaban J connectivity index is 2.55. The summed E-state index contributed by atoms with van der Waals surface area (Å²) in [4.78, 5) is 23.0. The van der Waals surface area contributed by atoms with Crippen molar-refractivity contribution in [2.75, 3.05) is 6.61 Å². The van der Waals surface area contributed by atoms with Crippen LogP contribution in [0.1, 0.15) is 17.4 Å². The van der Waals surface area contributed by atoms with Crippen LogP contribution in [0, 0.1) is 4.91 Å². The van der Waals surface area contributed by atoms with Crippen LogP contribution in [0.3, 0.4) is 0 Å². The predicted octanol–water partition coefficient (Wildman–Crippen LogP) is 1.17. The minimum Gasteiger partial charge on any atom is -0.460 e. The second-order valence-corrected chi connectivity index (χ2v) is 3.52. The SMILES string of the molecule is CCOC(=O)c1n[nH][n+](=O)cc1-c1ccccc1. The Morgan fingerprint density at radius 3 is 2.78 bits per heavy atom. The van der Waals surface area contributed by atoms with Gasteiger partial charge in [0.05, 0.1) is 21.8 Å². The van der Waals surface area contributed by atoms with Gasteiger partial charge in [0.2, 0.25) is 0 Å². The van der Waals surface area contributed by atoms with E-state index in [1.807, 2.05) is 18.2 Å². The van der Waals surface area contributed by atoms with Crippen LogP contribution in [0.25, 0.3) is 11.1 Å². The number of carbonyl (C=O) groups excluding carboxylic acids is 1. The van der Waals surface area contributed by atoms with Gasteiger partial charge in [-0.3, -0.25) is 0 Å². The average molecular weight is 246 g/mol. The van der Waals surface area contributed by atoms with E-state index >= 15 is 0 Å². The molecule has 6 heteroatoms. The molecule has 0 bridgehead atoms. The Hall–Kier alpha value is -2.50. The molecule has 0 unspecified atom stereocenters. The zero-order valence-corrected chi connectivity index (χ0v) is 9.79. The summed E-state index contributed by atoms with van der Waals surface area (Å²) in [5, 5.41) is 5.88. The maximum Gasteiger partial charge on any atom is 0.386 e. The maximum absolute atomic E-state index is 11.7. The molecule has 0 atom stereocenters. The molecule has 0 aliphatic carbocycles. The van der Waals surface area contributed by atoms with Gasteiger partial charge in [-0.2, -0.15) is 0 Å². The van der Waals surface area contributed by atoms with Crippen molar-refractivity contribution in [3.8, 4) is 11.1 Å². The topological polar surface area (TPSA) is 77.9 Å². The molecule has 2 aromatic rings. The van der Waals surface area contributed by atoms with Gasteiger partial charge in [-0.15, -0.1) is 0 Å². The number of nitrogens with zero attached hydrogens (tertiary/aromatic N) is 2. The number of nitrogens with one attached hydrogen (secondary N) is 1. The van der Waals surface area contributed by atoms with Crippen molar-refractivity contribution in [3.05, 3.63) is 47.1 Å². The van der Waals surface area contributed by atoms with Gasteiger partial charge in [-0.1, -0.05) is 30.3 Å².